The average Bonchev–Trinajstić information content (AvgIpc) is 3.06. The number of anilines is 2. The van der Waals surface area contributed by atoms with Crippen molar-refractivity contribution >= 4 is 45.1 Å². The first-order chi connectivity index (χ1) is 14.2. The second kappa shape index (κ2) is 9.00. The van der Waals surface area contributed by atoms with Gasteiger partial charge in [0.2, 0.25) is 5.91 Å². The van der Waals surface area contributed by atoms with Gasteiger partial charge in [0.25, 0.3) is 5.91 Å². The monoisotopic (exact) mass is 472 g/mol. The van der Waals surface area contributed by atoms with Gasteiger partial charge in [0, 0.05) is 28.8 Å². The van der Waals surface area contributed by atoms with Crippen molar-refractivity contribution in [1.82, 2.24) is 0 Å². The van der Waals surface area contributed by atoms with Crippen LogP contribution in [-0.2, 0) is 19.1 Å². The summed E-state index contributed by atoms with van der Waals surface area (Å²) in [6.07, 6.45) is 0.0821. The van der Waals surface area contributed by atoms with Crippen LogP contribution in [-0.4, -0.2) is 30.9 Å². The summed E-state index contributed by atoms with van der Waals surface area (Å²) in [4.78, 5) is 38.7. The predicted octanol–water partition coefficient (Wildman–Crippen LogP) is 4.22. The number of benzene rings is 2. The number of nitrogens with zero attached hydrogens (tertiary/aromatic N) is 1. The molecular weight excluding hydrogens is 448 g/mol. The number of amides is 2. The molecule has 2 amide bonds. The van der Waals surface area contributed by atoms with E-state index in [1.54, 1.807) is 4.90 Å². The smallest absolute Gasteiger partial charge is 0.311 e. The summed E-state index contributed by atoms with van der Waals surface area (Å²) in [5.41, 5.74) is 5.47. The maximum absolute atomic E-state index is 12.4. The molecule has 0 unspecified atom stereocenters. The van der Waals surface area contributed by atoms with Crippen LogP contribution in [0.1, 0.15) is 28.7 Å². The van der Waals surface area contributed by atoms with E-state index in [1.165, 1.54) is 0 Å². The molecule has 0 bridgehead atoms. The molecule has 1 aliphatic rings. The van der Waals surface area contributed by atoms with Gasteiger partial charge in [0.1, 0.15) is 0 Å². The van der Waals surface area contributed by atoms with E-state index in [-0.39, 0.29) is 25.5 Å². The molecule has 1 heterocycles. The van der Waals surface area contributed by atoms with Crippen LogP contribution in [0, 0.1) is 33.6 Å². The highest BCUT2D eigenvalue weighted by Gasteiger charge is 2.36. The van der Waals surface area contributed by atoms with Crippen LogP contribution in [0.5, 0.6) is 0 Å². The Balaban J connectivity index is 1.57. The van der Waals surface area contributed by atoms with E-state index in [0.29, 0.717) is 5.69 Å². The Morgan fingerprint density at radius 1 is 1.10 bits per heavy atom. The summed E-state index contributed by atoms with van der Waals surface area (Å²) in [5.74, 6) is -1.64. The SMILES string of the molecule is Cc1ccc(N2C[C@@H](C(=O)OCC(=O)Nc3cc(C)c(Br)cc3C)CC2=O)c(C)c1. The molecule has 2 aromatic carbocycles. The molecule has 158 valence electrons. The largest absolute Gasteiger partial charge is 0.455 e. The molecule has 2 aromatic rings. The van der Waals surface area contributed by atoms with Gasteiger partial charge in [-0.25, -0.2) is 0 Å². The number of esters is 1. The first-order valence-electron chi connectivity index (χ1n) is 9.76. The van der Waals surface area contributed by atoms with Crippen LogP contribution in [0.4, 0.5) is 11.4 Å². The van der Waals surface area contributed by atoms with Crippen LogP contribution in [0.3, 0.4) is 0 Å². The molecule has 1 N–H and O–H groups in total. The van der Waals surface area contributed by atoms with Crippen LogP contribution < -0.4 is 10.2 Å². The van der Waals surface area contributed by atoms with Crippen LogP contribution in [0.25, 0.3) is 0 Å². The van der Waals surface area contributed by atoms with Crippen molar-refractivity contribution in [2.75, 3.05) is 23.4 Å². The van der Waals surface area contributed by atoms with Gasteiger partial charge in [0.15, 0.2) is 6.61 Å². The normalized spacial score (nSPS) is 16.0. The van der Waals surface area contributed by atoms with Gasteiger partial charge in [-0.1, -0.05) is 33.6 Å². The van der Waals surface area contributed by atoms with Gasteiger partial charge in [-0.3, -0.25) is 14.4 Å². The molecule has 30 heavy (non-hydrogen) atoms. The zero-order valence-corrected chi connectivity index (χ0v) is 19.1. The topological polar surface area (TPSA) is 75.7 Å². The summed E-state index contributed by atoms with van der Waals surface area (Å²) in [5, 5.41) is 2.77. The van der Waals surface area contributed by atoms with Crippen molar-refractivity contribution in [3.05, 3.63) is 57.1 Å². The maximum Gasteiger partial charge on any atom is 0.311 e. The van der Waals surface area contributed by atoms with Crippen LogP contribution in [0.2, 0.25) is 0 Å². The zero-order chi connectivity index (χ0) is 22.0. The molecular formula is C23H25BrN2O4. The molecule has 0 radical (unpaired) electrons. The molecule has 0 saturated carbocycles. The number of hydrogen-bond donors (Lipinski definition) is 1. The molecule has 3 rings (SSSR count). The predicted molar refractivity (Wildman–Crippen MR) is 120 cm³/mol. The summed E-state index contributed by atoms with van der Waals surface area (Å²) in [6, 6.07) is 9.62. The number of ether oxygens (including phenoxy) is 1. The second-order valence-electron chi connectivity index (χ2n) is 7.77. The molecule has 1 atom stereocenters. The number of rotatable bonds is 5. The van der Waals surface area contributed by atoms with Crippen molar-refractivity contribution in [2.45, 2.75) is 34.1 Å². The Hall–Kier alpha value is -2.67. The van der Waals surface area contributed by atoms with E-state index in [2.05, 4.69) is 21.2 Å². The third kappa shape index (κ3) is 4.90. The van der Waals surface area contributed by atoms with E-state index < -0.39 is 17.8 Å². The molecule has 0 aromatic heterocycles. The fourth-order valence-corrected chi connectivity index (χ4v) is 4.02. The highest BCUT2D eigenvalue weighted by Crippen LogP contribution is 2.29. The van der Waals surface area contributed by atoms with Crippen molar-refractivity contribution in [2.24, 2.45) is 5.92 Å². The fraction of sp³-hybridized carbons (Fsp3) is 0.348. The van der Waals surface area contributed by atoms with Gasteiger partial charge in [-0.15, -0.1) is 0 Å². The molecule has 1 saturated heterocycles. The molecule has 6 nitrogen and oxygen atoms in total. The van der Waals surface area contributed by atoms with Crippen LogP contribution >= 0.6 is 15.9 Å². The highest BCUT2D eigenvalue weighted by atomic mass is 79.9. The Morgan fingerprint density at radius 2 is 1.83 bits per heavy atom. The number of hydrogen-bond acceptors (Lipinski definition) is 4. The Morgan fingerprint density at radius 3 is 2.53 bits per heavy atom. The van der Waals surface area contributed by atoms with Crippen molar-refractivity contribution in [3.63, 3.8) is 0 Å². The number of carbonyl (C=O) groups is 3. The minimum Gasteiger partial charge on any atom is -0.455 e. The Labute approximate surface area is 184 Å². The van der Waals surface area contributed by atoms with Gasteiger partial charge in [-0.05, 0) is 62.6 Å². The summed E-state index contributed by atoms with van der Waals surface area (Å²) in [6.45, 7) is 7.62. The third-order valence-electron chi connectivity index (χ3n) is 5.23. The lowest BCUT2D eigenvalue weighted by Crippen LogP contribution is -2.28. The van der Waals surface area contributed by atoms with E-state index >= 15 is 0 Å². The van der Waals surface area contributed by atoms with Crippen molar-refractivity contribution in [3.8, 4) is 0 Å². The first-order valence-corrected chi connectivity index (χ1v) is 10.6. The summed E-state index contributed by atoms with van der Waals surface area (Å²) < 4.78 is 6.16. The first kappa shape index (κ1) is 22.0. The van der Waals surface area contributed by atoms with Crippen LogP contribution in [0.15, 0.2) is 34.8 Å². The fourth-order valence-electron chi connectivity index (χ4n) is 3.56. The molecule has 0 spiro atoms. The van der Waals surface area contributed by atoms with E-state index in [1.807, 2.05) is 58.0 Å². The second-order valence-corrected chi connectivity index (χ2v) is 8.62. The zero-order valence-electron chi connectivity index (χ0n) is 17.5. The van der Waals surface area contributed by atoms with Gasteiger partial charge in [0.05, 0.1) is 5.92 Å². The lowest BCUT2D eigenvalue weighted by Gasteiger charge is -2.19. The number of nitrogens with one attached hydrogen (secondary N) is 1. The minimum atomic E-state index is -0.581. The number of aryl methyl sites for hydroxylation is 4. The minimum absolute atomic E-state index is 0.0821. The number of halogens is 1. The van der Waals surface area contributed by atoms with Crippen molar-refractivity contribution in [1.29, 1.82) is 0 Å². The molecule has 0 aliphatic carbocycles. The molecule has 7 heteroatoms. The summed E-state index contributed by atoms with van der Waals surface area (Å²) in [7, 11) is 0. The highest BCUT2D eigenvalue weighted by molar-refractivity contribution is 9.10. The Bertz CT molecular complexity index is 1020. The van der Waals surface area contributed by atoms with Crippen molar-refractivity contribution < 1.29 is 19.1 Å². The lowest BCUT2D eigenvalue weighted by molar-refractivity contribution is -0.151. The quantitative estimate of drug-likeness (QED) is 0.660. The van der Waals surface area contributed by atoms with E-state index in [4.69, 9.17) is 4.74 Å². The third-order valence-corrected chi connectivity index (χ3v) is 6.08. The standard InChI is InChI=1S/C23H25BrN2O4/c1-13-5-6-20(16(4)7-13)26-11-17(10-22(26)28)23(29)30-12-21(27)25-19-9-14(2)18(24)8-15(19)3/h5-9,17H,10-12H2,1-4H3,(H,25,27)/t17-/m0/s1. The molecule has 1 aliphatic heterocycles. The van der Waals surface area contributed by atoms with E-state index in [9.17, 15) is 14.4 Å². The van der Waals surface area contributed by atoms with Gasteiger partial charge < -0.3 is 15.0 Å². The summed E-state index contributed by atoms with van der Waals surface area (Å²) >= 11 is 3.45. The number of carbonyl (C=O) groups excluding carboxylic acids is 3. The average molecular weight is 473 g/mol. The maximum atomic E-state index is 12.4. The van der Waals surface area contributed by atoms with E-state index in [0.717, 1.165) is 32.4 Å². The van der Waals surface area contributed by atoms with Gasteiger partial charge in [-0.2, -0.15) is 0 Å². The van der Waals surface area contributed by atoms with Gasteiger partial charge >= 0.3 is 5.97 Å². The molecule has 1 fully saturated rings. The lowest BCUT2D eigenvalue weighted by atomic mass is 10.1. The Kier molecular flexibility index (Phi) is 6.61.